The van der Waals surface area contributed by atoms with Crippen LogP contribution in [-0.4, -0.2) is 42.8 Å². The second kappa shape index (κ2) is 8.37. The van der Waals surface area contributed by atoms with Gasteiger partial charge >= 0.3 is 6.03 Å². The Morgan fingerprint density at radius 2 is 2.20 bits per heavy atom. The minimum absolute atomic E-state index is 0.0788. The van der Waals surface area contributed by atoms with Crippen LogP contribution in [0.2, 0.25) is 0 Å². The van der Waals surface area contributed by atoms with Crippen LogP contribution >= 0.6 is 0 Å². The van der Waals surface area contributed by atoms with E-state index in [1.807, 2.05) is 6.92 Å². The van der Waals surface area contributed by atoms with Crippen molar-refractivity contribution in [3.05, 3.63) is 29.6 Å². The minimum Gasteiger partial charge on any atom is -0.494 e. The average Bonchev–Trinajstić information content (AvgIpc) is 2.44. The Kier molecular flexibility index (Phi) is 6.79. The summed E-state index contributed by atoms with van der Waals surface area (Å²) in [5.74, 6) is -0.284. The zero-order valence-corrected chi connectivity index (χ0v) is 11.9. The summed E-state index contributed by atoms with van der Waals surface area (Å²) >= 11 is 0. The van der Waals surface area contributed by atoms with Crippen LogP contribution in [0.15, 0.2) is 18.2 Å². The molecule has 2 amide bonds. The third kappa shape index (κ3) is 4.70. The summed E-state index contributed by atoms with van der Waals surface area (Å²) in [5.41, 5.74) is 0.650. The molecule has 0 radical (unpaired) electrons. The molecule has 0 aliphatic rings. The predicted molar refractivity (Wildman–Crippen MR) is 74.1 cm³/mol. The zero-order chi connectivity index (χ0) is 15.0. The van der Waals surface area contributed by atoms with Crippen LogP contribution in [0.4, 0.5) is 9.18 Å². The largest absolute Gasteiger partial charge is 0.494 e. The number of rotatable bonds is 7. The van der Waals surface area contributed by atoms with Crippen molar-refractivity contribution in [2.75, 3.05) is 26.8 Å². The number of hydrogen-bond donors (Lipinski definition) is 2. The molecule has 5 nitrogen and oxygen atoms in total. The molecular weight excluding hydrogens is 263 g/mol. The molecule has 2 N–H and O–H groups in total. The van der Waals surface area contributed by atoms with Crippen LogP contribution in [0.25, 0.3) is 0 Å². The minimum atomic E-state index is -0.458. The number of aliphatic hydroxyl groups excluding tert-OH is 1. The van der Waals surface area contributed by atoms with E-state index in [1.165, 1.54) is 24.1 Å². The van der Waals surface area contributed by atoms with Crippen molar-refractivity contribution in [2.24, 2.45) is 0 Å². The molecule has 0 atom stereocenters. The molecule has 1 aromatic carbocycles. The molecule has 0 heterocycles. The first kappa shape index (κ1) is 16.2. The van der Waals surface area contributed by atoms with Gasteiger partial charge in [-0.25, -0.2) is 9.18 Å². The van der Waals surface area contributed by atoms with Gasteiger partial charge in [0.15, 0.2) is 11.6 Å². The van der Waals surface area contributed by atoms with Crippen LogP contribution in [0.3, 0.4) is 0 Å². The maximum atomic E-state index is 13.5. The Hall–Kier alpha value is -1.82. The SMILES string of the molecule is CCCN(CCO)C(=O)NCc1ccc(OC)c(F)c1. The molecule has 0 spiro atoms. The van der Waals surface area contributed by atoms with Crippen LogP contribution in [0.5, 0.6) is 5.75 Å². The van der Waals surface area contributed by atoms with E-state index in [1.54, 1.807) is 6.07 Å². The quantitative estimate of drug-likeness (QED) is 0.802. The summed E-state index contributed by atoms with van der Waals surface area (Å²) in [5, 5.41) is 11.6. The topological polar surface area (TPSA) is 61.8 Å². The molecule has 0 aliphatic carbocycles. The zero-order valence-electron chi connectivity index (χ0n) is 11.9. The lowest BCUT2D eigenvalue weighted by atomic mass is 10.2. The highest BCUT2D eigenvalue weighted by atomic mass is 19.1. The second-order valence-corrected chi connectivity index (χ2v) is 4.34. The van der Waals surface area contributed by atoms with E-state index in [2.05, 4.69) is 5.32 Å². The highest BCUT2D eigenvalue weighted by molar-refractivity contribution is 5.74. The van der Waals surface area contributed by atoms with E-state index >= 15 is 0 Å². The van der Waals surface area contributed by atoms with E-state index < -0.39 is 5.82 Å². The number of aliphatic hydroxyl groups is 1. The van der Waals surface area contributed by atoms with Crippen molar-refractivity contribution in [2.45, 2.75) is 19.9 Å². The van der Waals surface area contributed by atoms with Crippen LogP contribution in [0, 0.1) is 5.82 Å². The normalized spacial score (nSPS) is 10.2. The average molecular weight is 284 g/mol. The molecule has 0 saturated heterocycles. The van der Waals surface area contributed by atoms with Gasteiger partial charge in [-0.2, -0.15) is 0 Å². The number of hydrogen-bond acceptors (Lipinski definition) is 3. The summed E-state index contributed by atoms with van der Waals surface area (Å²) in [6.45, 7) is 2.96. The molecule has 112 valence electrons. The third-order valence-electron chi connectivity index (χ3n) is 2.81. The van der Waals surface area contributed by atoms with E-state index in [4.69, 9.17) is 9.84 Å². The number of carbonyl (C=O) groups is 1. The number of methoxy groups -OCH3 is 1. The van der Waals surface area contributed by atoms with E-state index in [-0.39, 0.29) is 31.5 Å². The first-order chi connectivity index (χ1) is 9.62. The number of benzene rings is 1. The number of halogens is 1. The van der Waals surface area contributed by atoms with Gasteiger partial charge in [-0.1, -0.05) is 13.0 Å². The van der Waals surface area contributed by atoms with Gasteiger partial charge in [0.2, 0.25) is 0 Å². The summed E-state index contributed by atoms with van der Waals surface area (Å²) in [6.07, 6.45) is 0.810. The summed E-state index contributed by atoms with van der Waals surface area (Å²) < 4.78 is 18.3. The van der Waals surface area contributed by atoms with Gasteiger partial charge in [-0.15, -0.1) is 0 Å². The third-order valence-corrected chi connectivity index (χ3v) is 2.81. The Morgan fingerprint density at radius 3 is 2.75 bits per heavy atom. The van der Waals surface area contributed by atoms with E-state index in [9.17, 15) is 9.18 Å². The summed E-state index contributed by atoms with van der Waals surface area (Å²) in [4.78, 5) is 13.4. The highest BCUT2D eigenvalue weighted by Gasteiger charge is 2.11. The summed E-state index contributed by atoms with van der Waals surface area (Å²) in [7, 11) is 1.40. The van der Waals surface area contributed by atoms with E-state index in [0.717, 1.165) is 6.42 Å². The molecule has 0 aliphatic heterocycles. The number of ether oxygens (including phenoxy) is 1. The van der Waals surface area contributed by atoms with Crippen LogP contribution in [-0.2, 0) is 6.54 Å². The lowest BCUT2D eigenvalue weighted by Crippen LogP contribution is -2.41. The molecular formula is C14H21FN2O3. The second-order valence-electron chi connectivity index (χ2n) is 4.34. The maximum absolute atomic E-state index is 13.5. The van der Waals surface area contributed by atoms with E-state index in [0.29, 0.717) is 12.1 Å². The first-order valence-electron chi connectivity index (χ1n) is 6.58. The molecule has 0 aromatic heterocycles. The Balaban J connectivity index is 2.57. The van der Waals surface area contributed by atoms with Crippen molar-refractivity contribution >= 4 is 6.03 Å². The molecule has 1 rings (SSSR count). The fraction of sp³-hybridized carbons (Fsp3) is 0.500. The molecule has 1 aromatic rings. The number of nitrogens with one attached hydrogen (secondary N) is 1. The lowest BCUT2D eigenvalue weighted by Gasteiger charge is -2.21. The molecule has 0 bridgehead atoms. The fourth-order valence-electron chi connectivity index (χ4n) is 1.81. The molecule has 0 saturated carbocycles. The molecule has 0 fully saturated rings. The Bertz CT molecular complexity index is 434. The van der Waals surface area contributed by atoms with Crippen molar-refractivity contribution in [1.29, 1.82) is 0 Å². The van der Waals surface area contributed by atoms with Crippen molar-refractivity contribution < 1.29 is 19.0 Å². The lowest BCUT2D eigenvalue weighted by molar-refractivity contribution is 0.177. The van der Waals surface area contributed by atoms with Gasteiger partial charge in [0, 0.05) is 19.6 Å². The Morgan fingerprint density at radius 1 is 1.45 bits per heavy atom. The summed E-state index contributed by atoms with van der Waals surface area (Å²) in [6, 6.07) is 4.28. The molecule has 20 heavy (non-hydrogen) atoms. The maximum Gasteiger partial charge on any atom is 0.317 e. The number of urea groups is 1. The highest BCUT2D eigenvalue weighted by Crippen LogP contribution is 2.17. The van der Waals surface area contributed by atoms with Crippen molar-refractivity contribution in [3.63, 3.8) is 0 Å². The Labute approximate surface area is 118 Å². The monoisotopic (exact) mass is 284 g/mol. The van der Waals surface area contributed by atoms with Crippen LogP contribution < -0.4 is 10.1 Å². The number of nitrogens with zero attached hydrogens (tertiary/aromatic N) is 1. The van der Waals surface area contributed by atoms with Crippen molar-refractivity contribution in [3.8, 4) is 5.75 Å². The number of carbonyl (C=O) groups excluding carboxylic acids is 1. The molecule has 6 heteroatoms. The van der Waals surface area contributed by atoms with Gasteiger partial charge in [-0.3, -0.25) is 0 Å². The van der Waals surface area contributed by atoms with Gasteiger partial charge in [0.05, 0.1) is 13.7 Å². The first-order valence-corrected chi connectivity index (χ1v) is 6.58. The molecule has 0 unspecified atom stereocenters. The fourth-order valence-corrected chi connectivity index (χ4v) is 1.81. The smallest absolute Gasteiger partial charge is 0.317 e. The van der Waals surface area contributed by atoms with Gasteiger partial charge in [0.25, 0.3) is 0 Å². The van der Waals surface area contributed by atoms with Crippen molar-refractivity contribution in [1.82, 2.24) is 10.2 Å². The van der Waals surface area contributed by atoms with Crippen LogP contribution in [0.1, 0.15) is 18.9 Å². The van der Waals surface area contributed by atoms with Gasteiger partial charge < -0.3 is 20.1 Å². The number of amides is 2. The predicted octanol–water partition coefficient (Wildman–Crippen LogP) is 1.75. The standard InChI is InChI=1S/C14H21FN2O3/c1-3-6-17(7-8-18)14(19)16-10-11-4-5-13(20-2)12(15)9-11/h4-5,9,18H,3,6-8,10H2,1-2H3,(H,16,19). The van der Waals surface area contributed by atoms with Gasteiger partial charge in [0.1, 0.15) is 0 Å². The van der Waals surface area contributed by atoms with Gasteiger partial charge in [-0.05, 0) is 24.1 Å².